The predicted octanol–water partition coefficient (Wildman–Crippen LogP) is 1.33. The van der Waals surface area contributed by atoms with Crippen LogP contribution in [-0.4, -0.2) is 31.9 Å². The summed E-state index contributed by atoms with van der Waals surface area (Å²) in [5.41, 5.74) is 0. The molecule has 0 aromatic carbocycles. The highest BCUT2D eigenvalue weighted by molar-refractivity contribution is 7.92. The van der Waals surface area contributed by atoms with E-state index in [2.05, 4.69) is 0 Å². The molecule has 0 saturated carbocycles. The summed E-state index contributed by atoms with van der Waals surface area (Å²) in [6, 6.07) is 0. The summed E-state index contributed by atoms with van der Waals surface area (Å²) in [4.78, 5) is 11.0. The van der Waals surface area contributed by atoms with E-state index in [4.69, 9.17) is 0 Å². The molecule has 0 N–H and O–H groups in total. The number of hydrogen-bond acceptors (Lipinski definition) is 3. The molecule has 0 radical (unpaired) electrons. The molecule has 0 aromatic rings. The van der Waals surface area contributed by atoms with Crippen LogP contribution in [0.5, 0.6) is 0 Å². The first-order valence-corrected chi connectivity index (χ1v) is 5.78. The van der Waals surface area contributed by atoms with Gasteiger partial charge in [0.05, 0.1) is 6.42 Å². The van der Waals surface area contributed by atoms with E-state index in [0.29, 0.717) is 0 Å². The lowest BCUT2D eigenvalue weighted by Gasteiger charge is -2.09. The first-order valence-electron chi connectivity index (χ1n) is 3.82. The van der Waals surface area contributed by atoms with Crippen LogP contribution in [0.3, 0.4) is 0 Å². The molecule has 84 valence electrons. The van der Waals surface area contributed by atoms with Gasteiger partial charge < -0.3 is 0 Å². The maximum Gasteiger partial charge on any atom is 0.389 e. The van der Waals surface area contributed by atoms with Crippen LogP contribution >= 0.6 is 0 Å². The molecule has 0 rings (SSSR count). The molecule has 0 fully saturated rings. The zero-order valence-corrected chi connectivity index (χ0v) is 8.57. The summed E-state index contributed by atoms with van der Waals surface area (Å²) in [6.07, 6.45) is -5.65. The Balaban J connectivity index is 4.25. The number of rotatable bonds is 4. The third kappa shape index (κ3) is 5.21. The van der Waals surface area contributed by atoms with Crippen molar-refractivity contribution in [3.05, 3.63) is 0 Å². The molecule has 3 nitrogen and oxygen atoms in total. The maximum absolute atomic E-state index is 11.7. The van der Waals surface area contributed by atoms with Gasteiger partial charge in [-0.2, -0.15) is 13.2 Å². The Hall–Kier alpha value is -0.590. The van der Waals surface area contributed by atoms with Gasteiger partial charge in [-0.3, -0.25) is 4.79 Å². The van der Waals surface area contributed by atoms with Crippen molar-refractivity contribution in [2.45, 2.75) is 31.2 Å². The molecule has 1 unspecified atom stereocenters. The van der Waals surface area contributed by atoms with Crippen molar-refractivity contribution < 1.29 is 26.4 Å². The van der Waals surface area contributed by atoms with Gasteiger partial charge in [-0.25, -0.2) is 8.42 Å². The van der Waals surface area contributed by atoms with E-state index < -0.39 is 39.9 Å². The summed E-state index contributed by atoms with van der Waals surface area (Å²) >= 11 is 0. The number of carbonyl (C=O) groups is 1. The third-order valence-electron chi connectivity index (χ3n) is 1.75. The van der Waals surface area contributed by atoms with Gasteiger partial charge in [0.15, 0.2) is 15.6 Å². The number of alkyl halides is 3. The van der Waals surface area contributed by atoms with Crippen LogP contribution in [0.4, 0.5) is 13.2 Å². The number of Topliss-reactive ketones (excluding diaryl/α,β-unsaturated/α-hetero) is 1. The molecule has 1 atom stereocenters. The number of ketones is 1. The Kier molecular flexibility index (Phi) is 4.11. The second-order valence-electron chi connectivity index (χ2n) is 3.05. The summed E-state index contributed by atoms with van der Waals surface area (Å²) in [5, 5.41) is -1.36. The molecule has 0 saturated heterocycles. The number of hydrogen-bond donors (Lipinski definition) is 0. The molecule has 14 heavy (non-hydrogen) atoms. The SMILES string of the molecule is CC(C(=O)CCC(F)(F)F)S(C)(=O)=O. The van der Waals surface area contributed by atoms with E-state index in [1.165, 1.54) is 0 Å². The highest BCUT2D eigenvalue weighted by atomic mass is 32.2. The van der Waals surface area contributed by atoms with Crippen LogP contribution in [0.1, 0.15) is 19.8 Å². The Morgan fingerprint density at radius 3 is 2.07 bits per heavy atom. The molecule has 0 heterocycles. The van der Waals surface area contributed by atoms with E-state index in [0.717, 1.165) is 13.2 Å². The molecular weight excluding hydrogens is 221 g/mol. The van der Waals surface area contributed by atoms with Crippen LogP contribution in [0.25, 0.3) is 0 Å². The number of halogens is 3. The summed E-state index contributed by atoms with van der Waals surface area (Å²) in [5.74, 6) is -0.898. The minimum atomic E-state index is -4.42. The number of sulfone groups is 1. The van der Waals surface area contributed by atoms with Crippen LogP contribution in [0.15, 0.2) is 0 Å². The molecule has 7 heteroatoms. The van der Waals surface area contributed by atoms with E-state index in [9.17, 15) is 26.4 Å². The van der Waals surface area contributed by atoms with E-state index >= 15 is 0 Å². The second kappa shape index (κ2) is 4.29. The van der Waals surface area contributed by atoms with Gasteiger partial charge in [-0.1, -0.05) is 0 Å². The monoisotopic (exact) mass is 232 g/mol. The van der Waals surface area contributed by atoms with Crippen LogP contribution in [0, 0.1) is 0 Å². The summed E-state index contributed by atoms with van der Waals surface area (Å²) in [6.45, 7) is 1.09. The van der Waals surface area contributed by atoms with Gasteiger partial charge in [0.25, 0.3) is 0 Å². The third-order valence-corrected chi connectivity index (χ3v) is 3.30. The van der Waals surface area contributed by atoms with E-state index in [1.807, 2.05) is 0 Å². The second-order valence-corrected chi connectivity index (χ2v) is 5.42. The molecule has 0 amide bonds. The lowest BCUT2D eigenvalue weighted by molar-refractivity contribution is -0.142. The van der Waals surface area contributed by atoms with Crippen molar-refractivity contribution in [2.24, 2.45) is 0 Å². The van der Waals surface area contributed by atoms with Crippen LogP contribution in [0.2, 0.25) is 0 Å². The minimum Gasteiger partial charge on any atom is -0.298 e. The fraction of sp³-hybridized carbons (Fsp3) is 0.857. The first-order chi connectivity index (χ1) is 6.04. The topological polar surface area (TPSA) is 51.2 Å². The van der Waals surface area contributed by atoms with Gasteiger partial charge in [0.1, 0.15) is 5.25 Å². The fourth-order valence-electron chi connectivity index (χ4n) is 0.707. The highest BCUT2D eigenvalue weighted by Gasteiger charge is 2.31. The first kappa shape index (κ1) is 13.4. The molecule has 0 spiro atoms. The van der Waals surface area contributed by atoms with Crippen molar-refractivity contribution in [2.75, 3.05) is 6.26 Å². The average molecular weight is 232 g/mol. The van der Waals surface area contributed by atoms with Gasteiger partial charge >= 0.3 is 6.18 Å². The van der Waals surface area contributed by atoms with E-state index in [-0.39, 0.29) is 0 Å². The van der Waals surface area contributed by atoms with Gasteiger partial charge in [0.2, 0.25) is 0 Å². The molecule has 0 aliphatic rings. The average Bonchev–Trinajstić information content (AvgIpc) is 1.95. The largest absolute Gasteiger partial charge is 0.389 e. The van der Waals surface area contributed by atoms with Gasteiger partial charge in [-0.15, -0.1) is 0 Å². The zero-order chi connectivity index (χ0) is 11.6. The fourth-order valence-corrected chi connectivity index (χ4v) is 1.30. The van der Waals surface area contributed by atoms with E-state index in [1.54, 1.807) is 0 Å². The quantitative estimate of drug-likeness (QED) is 0.734. The number of carbonyl (C=O) groups excluding carboxylic acids is 1. The Morgan fingerprint density at radius 1 is 1.36 bits per heavy atom. The molecule has 0 aliphatic carbocycles. The molecule has 0 aliphatic heterocycles. The van der Waals surface area contributed by atoms with Crippen LogP contribution < -0.4 is 0 Å². The Labute approximate surface area is 80.2 Å². The minimum absolute atomic E-state index is 0.780. The van der Waals surface area contributed by atoms with Crippen LogP contribution in [-0.2, 0) is 14.6 Å². The van der Waals surface area contributed by atoms with Gasteiger partial charge in [0, 0.05) is 12.7 Å². The van der Waals surface area contributed by atoms with Crippen molar-refractivity contribution >= 4 is 15.6 Å². The Morgan fingerprint density at radius 2 is 1.79 bits per heavy atom. The highest BCUT2D eigenvalue weighted by Crippen LogP contribution is 2.22. The standard InChI is InChI=1S/C7H11F3O3S/c1-5(14(2,12)13)6(11)3-4-7(8,9)10/h5H,3-4H2,1-2H3. The van der Waals surface area contributed by atoms with Crippen molar-refractivity contribution in [3.8, 4) is 0 Å². The van der Waals surface area contributed by atoms with Crippen molar-refractivity contribution in [3.63, 3.8) is 0 Å². The predicted molar refractivity (Wildman–Crippen MR) is 44.6 cm³/mol. The zero-order valence-electron chi connectivity index (χ0n) is 7.76. The lowest BCUT2D eigenvalue weighted by Crippen LogP contribution is -2.27. The molecule has 0 bridgehead atoms. The van der Waals surface area contributed by atoms with Crippen molar-refractivity contribution in [1.82, 2.24) is 0 Å². The summed E-state index contributed by atoms with van der Waals surface area (Å²) < 4.78 is 56.6. The normalized spacial score (nSPS) is 15.2. The molecular formula is C7H11F3O3S. The molecule has 0 aromatic heterocycles. The van der Waals surface area contributed by atoms with Gasteiger partial charge in [-0.05, 0) is 6.92 Å². The Bertz CT molecular complexity index is 305. The summed E-state index contributed by atoms with van der Waals surface area (Å²) in [7, 11) is -3.59. The van der Waals surface area contributed by atoms with Crippen molar-refractivity contribution in [1.29, 1.82) is 0 Å². The lowest BCUT2D eigenvalue weighted by atomic mass is 10.2. The maximum atomic E-state index is 11.7. The smallest absolute Gasteiger partial charge is 0.298 e.